The Morgan fingerprint density at radius 2 is 2.12 bits per heavy atom. The van der Waals surface area contributed by atoms with Crippen LogP contribution in [0.15, 0.2) is 33.5 Å². The van der Waals surface area contributed by atoms with Crippen LogP contribution in [0.4, 0.5) is 0 Å². The van der Waals surface area contributed by atoms with E-state index in [1.165, 1.54) is 18.3 Å². The number of nitriles is 1. The Kier molecular flexibility index (Phi) is 5.72. The minimum atomic E-state index is -2.05. The van der Waals surface area contributed by atoms with E-state index in [4.69, 9.17) is 14.4 Å². The topological polar surface area (TPSA) is 117 Å². The first kappa shape index (κ1) is 20.3. The Labute approximate surface area is 152 Å². The lowest BCUT2D eigenvalue weighted by Crippen LogP contribution is -2.44. The average Bonchev–Trinajstić information content (AvgIpc) is 2.81. The zero-order valence-corrected chi connectivity index (χ0v) is 16.6. The Bertz CT molecular complexity index is 843. The minimum absolute atomic E-state index is 0.00284. The molecule has 0 bridgehead atoms. The summed E-state index contributed by atoms with van der Waals surface area (Å²) in [7, 11) is -2.05. The second-order valence-corrected chi connectivity index (χ2v) is 12.6. The standard InChI is InChI=1S/C17H25N3O5Si/c1-17(2,3)26(4,5)24-10-12-14(22)11(6-8-18)15(25-12)20-9-7-13(21)19-16(20)23/h6-7,9,12,14-15,22H,10H2,1-5H3,(H,19,21,23)/b11-6-/t12-,14+,15-/m1/s1. The molecule has 0 aromatic carbocycles. The van der Waals surface area contributed by atoms with Gasteiger partial charge in [0.2, 0.25) is 0 Å². The minimum Gasteiger partial charge on any atom is -0.414 e. The number of ether oxygens (including phenoxy) is 1. The van der Waals surface area contributed by atoms with E-state index >= 15 is 0 Å². The number of aromatic amines is 1. The first-order valence-corrected chi connectivity index (χ1v) is 11.3. The zero-order chi connectivity index (χ0) is 19.7. The van der Waals surface area contributed by atoms with E-state index in [0.717, 1.165) is 4.57 Å². The van der Waals surface area contributed by atoms with Gasteiger partial charge in [0.15, 0.2) is 14.5 Å². The largest absolute Gasteiger partial charge is 0.414 e. The van der Waals surface area contributed by atoms with Gasteiger partial charge in [-0.05, 0) is 18.1 Å². The molecule has 9 heteroatoms. The molecule has 1 aromatic rings. The quantitative estimate of drug-likeness (QED) is 0.601. The number of aromatic nitrogens is 2. The van der Waals surface area contributed by atoms with Crippen LogP contribution >= 0.6 is 0 Å². The summed E-state index contributed by atoms with van der Waals surface area (Å²) >= 11 is 0. The molecular formula is C17H25N3O5Si. The molecule has 142 valence electrons. The number of allylic oxidation sites excluding steroid dienone is 1. The molecule has 26 heavy (non-hydrogen) atoms. The molecule has 0 saturated carbocycles. The number of nitrogens with one attached hydrogen (secondary N) is 1. The van der Waals surface area contributed by atoms with Crippen LogP contribution in [-0.2, 0) is 9.16 Å². The summed E-state index contributed by atoms with van der Waals surface area (Å²) in [6, 6.07) is 3.05. The highest BCUT2D eigenvalue weighted by molar-refractivity contribution is 6.74. The summed E-state index contributed by atoms with van der Waals surface area (Å²) in [4.78, 5) is 25.4. The van der Waals surface area contributed by atoms with Gasteiger partial charge in [0.25, 0.3) is 5.56 Å². The summed E-state index contributed by atoms with van der Waals surface area (Å²) < 4.78 is 13.1. The van der Waals surface area contributed by atoms with E-state index in [-0.39, 0.29) is 17.2 Å². The second-order valence-electron chi connectivity index (χ2n) is 7.83. The lowest BCUT2D eigenvalue weighted by Gasteiger charge is -2.37. The van der Waals surface area contributed by atoms with Gasteiger partial charge < -0.3 is 14.3 Å². The smallest absolute Gasteiger partial charge is 0.330 e. The third-order valence-corrected chi connectivity index (χ3v) is 9.53. The molecule has 0 amide bonds. The van der Waals surface area contributed by atoms with Crippen molar-refractivity contribution in [1.82, 2.24) is 9.55 Å². The maximum Gasteiger partial charge on any atom is 0.330 e. The highest BCUT2D eigenvalue weighted by Gasteiger charge is 2.43. The van der Waals surface area contributed by atoms with Crippen LogP contribution in [-0.4, -0.2) is 41.8 Å². The molecule has 2 rings (SSSR count). The monoisotopic (exact) mass is 379 g/mol. The van der Waals surface area contributed by atoms with Crippen molar-refractivity contribution < 1.29 is 14.3 Å². The second kappa shape index (κ2) is 7.32. The fraction of sp³-hybridized carbons (Fsp3) is 0.588. The van der Waals surface area contributed by atoms with E-state index in [1.807, 2.05) is 6.07 Å². The summed E-state index contributed by atoms with van der Waals surface area (Å²) in [5, 5.41) is 19.6. The van der Waals surface area contributed by atoms with Crippen molar-refractivity contribution in [2.24, 2.45) is 0 Å². The number of hydrogen-bond acceptors (Lipinski definition) is 6. The van der Waals surface area contributed by atoms with E-state index < -0.39 is 38.0 Å². The van der Waals surface area contributed by atoms with Gasteiger partial charge in [0.05, 0.1) is 12.7 Å². The highest BCUT2D eigenvalue weighted by Crippen LogP contribution is 2.38. The van der Waals surface area contributed by atoms with Crippen molar-refractivity contribution >= 4 is 8.32 Å². The Balaban J connectivity index is 2.28. The molecule has 1 aliphatic heterocycles. The van der Waals surface area contributed by atoms with E-state index in [1.54, 1.807) is 0 Å². The molecule has 2 heterocycles. The van der Waals surface area contributed by atoms with Crippen molar-refractivity contribution in [2.75, 3.05) is 6.61 Å². The summed E-state index contributed by atoms with van der Waals surface area (Å²) in [6.45, 7) is 10.6. The first-order valence-electron chi connectivity index (χ1n) is 8.36. The Morgan fingerprint density at radius 3 is 2.65 bits per heavy atom. The molecule has 8 nitrogen and oxygen atoms in total. The molecule has 3 atom stereocenters. The summed E-state index contributed by atoms with van der Waals surface area (Å²) in [6.07, 6.45) is -0.321. The maximum atomic E-state index is 12.1. The fourth-order valence-electron chi connectivity index (χ4n) is 2.39. The van der Waals surface area contributed by atoms with Crippen LogP contribution in [0.25, 0.3) is 0 Å². The molecule has 1 aliphatic rings. The van der Waals surface area contributed by atoms with Crippen LogP contribution in [0.3, 0.4) is 0 Å². The van der Waals surface area contributed by atoms with Crippen LogP contribution in [0.2, 0.25) is 18.1 Å². The normalized spacial score (nSPS) is 25.4. The zero-order valence-electron chi connectivity index (χ0n) is 15.6. The lowest BCUT2D eigenvalue weighted by molar-refractivity contribution is -0.0420. The number of hydrogen-bond donors (Lipinski definition) is 2. The number of nitrogens with zero attached hydrogens (tertiary/aromatic N) is 2. The van der Waals surface area contributed by atoms with E-state index in [0.29, 0.717) is 0 Å². The SMILES string of the molecule is CC(C)(C)[Si](C)(C)OC[C@H]1O[C@@H](n2ccc(=O)[nH]c2=O)/C(=C\C#N)[C@@H]1O. The van der Waals surface area contributed by atoms with E-state index in [9.17, 15) is 14.7 Å². The molecule has 0 spiro atoms. The number of rotatable bonds is 4. The van der Waals surface area contributed by atoms with Gasteiger partial charge in [-0.1, -0.05) is 20.8 Å². The van der Waals surface area contributed by atoms with Gasteiger partial charge in [-0.25, -0.2) is 4.79 Å². The van der Waals surface area contributed by atoms with Gasteiger partial charge in [-0.3, -0.25) is 14.3 Å². The van der Waals surface area contributed by atoms with Gasteiger partial charge >= 0.3 is 5.69 Å². The average molecular weight is 379 g/mol. The molecule has 1 aromatic heterocycles. The molecule has 0 aliphatic carbocycles. The lowest BCUT2D eigenvalue weighted by atomic mass is 10.1. The van der Waals surface area contributed by atoms with Crippen molar-refractivity contribution in [3.05, 3.63) is 44.8 Å². The number of aliphatic hydroxyl groups is 1. The molecule has 0 radical (unpaired) electrons. The third kappa shape index (κ3) is 4.04. The Hall–Kier alpha value is -1.99. The van der Waals surface area contributed by atoms with Crippen LogP contribution < -0.4 is 11.2 Å². The number of H-pyrrole nitrogens is 1. The maximum absolute atomic E-state index is 12.1. The first-order chi connectivity index (χ1) is 12.0. The highest BCUT2D eigenvalue weighted by atomic mass is 28.4. The van der Waals surface area contributed by atoms with Crippen LogP contribution in [0.1, 0.15) is 27.0 Å². The number of aliphatic hydroxyl groups excluding tert-OH is 1. The van der Waals surface area contributed by atoms with Crippen LogP contribution in [0, 0.1) is 11.3 Å². The Morgan fingerprint density at radius 1 is 1.46 bits per heavy atom. The van der Waals surface area contributed by atoms with Gasteiger partial charge in [0.1, 0.15) is 12.2 Å². The van der Waals surface area contributed by atoms with Crippen molar-refractivity contribution in [3.63, 3.8) is 0 Å². The van der Waals surface area contributed by atoms with Crippen LogP contribution in [0.5, 0.6) is 0 Å². The van der Waals surface area contributed by atoms with Crippen molar-refractivity contribution in [3.8, 4) is 6.07 Å². The fourth-order valence-corrected chi connectivity index (χ4v) is 3.40. The molecular weight excluding hydrogens is 354 g/mol. The molecule has 1 saturated heterocycles. The van der Waals surface area contributed by atoms with Gasteiger partial charge in [0, 0.05) is 23.9 Å². The molecule has 2 N–H and O–H groups in total. The summed E-state index contributed by atoms with van der Waals surface area (Å²) in [5.41, 5.74) is -0.955. The molecule has 1 fully saturated rings. The van der Waals surface area contributed by atoms with Crippen molar-refractivity contribution in [1.29, 1.82) is 5.26 Å². The predicted octanol–water partition coefficient (Wildman–Crippen LogP) is 1.27. The molecule has 0 unspecified atom stereocenters. The summed E-state index contributed by atoms with van der Waals surface area (Å²) in [5.74, 6) is 0. The van der Waals surface area contributed by atoms with E-state index in [2.05, 4.69) is 38.8 Å². The third-order valence-electron chi connectivity index (χ3n) is 5.03. The predicted molar refractivity (Wildman–Crippen MR) is 98.1 cm³/mol. The van der Waals surface area contributed by atoms with Gasteiger partial charge in [-0.2, -0.15) is 5.26 Å². The van der Waals surface area contributed by atoms with Gasteiger partial charge in [-0.15, -0.1) is 0 Å². The van der Waals surface area contributed by atoms with Crippen molar-refractivity contribution in [2.45, 2.75) is 57.3 Å².